The first-order valence-corrected chi connectivity index (χ1v) is 4.07. The maximum Gasteiger partial charge on any atom is 0.186 e. The van der Waals surface area contributed by atoms with Gasteiger partial charge < -0.3 is 4.52 Å². The first-order chi connectivity index (χ1) is 5.36. The van der Waals surface area contributed by atoms with E-state index in [9.17, 15) is 0 Å². The maximum absolute atomic E-state index is 4.93. The highest BCUT2D eigenvalue weighted by Gasteiger charge is 2.03. The Hall–Kier alpha value is -1.16. The number of hydrogen-bond donors (Lipinski definition) is 0. The zero-order chi connectivity index (χ0) is 7.68. The molecule has 4 heteroatoms. The molecule has 0 N–H and O–H groups in total. The minimum absolute atomic E-state index is 0.731. The third kappa shape index (κ3) is 1.17. The van der Waals surface area contributed by atoms with Crippen LogP contribution < -0.4 is 0 Å². The highest BCUT2D eigenvalue weighted by molar-refractivity contribution is 7.09. The van der Waals surface area contributed by atoms with Gasteiger partial charge in [-0.3, -0.25) is 0 Å². The third-order valence-corrected chi connectivity index (χ3v) is 2.08. The van der Waals surface area contributed by atoms with Crippen LogP contribution >= 0.6 is 11.3 Å². The Bertz CT molecular complexity index is 339. The summed E-state index contributed by atoms with van der Waals surface area (Å²) in [5.74, 6) is 0.731. The van der Waals surface area contributed by atoms with Gasteiger partial charge in [0.05, 0.1) is 11.2 Å². The Morgan fingerprint density at radius 3 is 3.00 bits per heavy atom. The van der Waals surface area contributed by atoms with E-state index in [0.717, 1.165) is 16.5 Å². The summed E-state index contributed by atoms with van der Waals surface area (Å²) in [7, 11) is 0. The van der Waals surface area contributed by atoms with Crippen molar-refractivity contribution in [1.82, 2.24) is 10.1 Å². The molecule has 0 saturated carbocycles. The smallest absolute Gasteiger partial charge is 0.186 e. The van der Waals surface area contributed by atoms with Crippen LogP contribution in [-0.4, -0.2) is 10.1 Å². The molecule has 3 nitrogen and oxygen atoms in total. The molecular weight excluding hydrogens is 160 g/mol. The SMILES string of the molecule is Cc1nc(-c2ccno2)cs1. The maximum atomic E-state index is 4.93. The van der Waals surface area contributed by atoms with Gasteiger partial charge in [-0.25, -0.2) is 4.98 Å². The normalized spacial score (nSPS) is 10.3. The molecule has 0 aromatic carbocycles. The van der Waals surface area contributed by atoms with Crippen LogP contribution in [-0.2, 0) is 0 Å². The molecule has 0 saturated heterocycles. The van der Waals surface area contributed by atoms with Crippen molar-refractivity contribution in [1.29, 1.82) is 0 Å². The lowest BCUT2D eigenvalue weighted by Crippen LogP contribution is -1.72. The van der Waals surface area contributed by atoms with Crippen molar-refractivity contribution in [3.8, 4) is 11.5 Å². The molecule has 2 heterocycles. The topological polar surface area (TPSA) is 38.9 Å². The molecule has 0 aliphatic heterocycles. The minimum atomic E-state index is 0.731. The van der Waals surface area contributed by atoms with E-state index in [-0.39, 0.29) is 0 Å². The van der Waals surface area contributed by atoms with Gasteiger partial charge in [0.25, 0.3) is 0 Å². The van der Waals surface area contributed by atoms with E-state index in [2.05, 4.69) is 10.1 Å². The van der Waals surface area contributed by atoms with E-state index in [4.69, 9.17) is 4.52 Å². The number of aryl methyl sites for hydroxylation is 1. The van der Waals surface area contributed by atoms with Gasteiger partial charge in [0.1, 0.15) is 5.69 Å². The van der Waals surface area contributed by atoms with Gasteiger partial charge in [-0.05, 0) is 6.92 Å². The standard InChI is InChI=1S/C7H6N2OS/c1-5-9-6(4-11-5)7-2-3-8-10-7/h2-4H,1H3. The molecule has 0 spiro atoms. The van der Waals surface area contributed by atoms with Crippen LogP contribution in [0.3, 0.4) is 0 Å². The highest BCUT2D eigenvalue weighted by atomic mass is 32.1. The lowest BCUT2D eigenvalue weighted by Gasteiger charge is -1.82. The van der Waals surface area contributed by atoms with Crippen molar-refractivity contribution >= 4 is 11.3 Å². The molecule has 0 aliphatic rings. The molecule has 0 bridgehead atoms. The van der Waals surface area contributed by atoms with Crippen LogP contribution in [0.4, 0.5) is 0 Å². The lowest BCUT2D eigenvalue weighted by molar-refractivity contribution is 0.431. The van der Waals surface area contributed by atoms with E-state index in [1.165, 1.54) is 0 Å². The molecule has 2 aromatic heterocycles. The Balaban J connectivity index is 2.45. The zero-order valence-corrected chi connectivity index (χ0v) is 6.76. The van der Waals surface area contributed by atoms with E-state index in [1.807, 2.05) is 12.3 Å². The quantitative estimate of drug-likeness (QED) is 0.651. The van der Waals surface area contributed by atoms with Crippen LogP contribution in [0.25, 0.3) is 11.5 Å². The van der Waals surface area contributed by atoms with Crippen molar-refractivity contribution in [3.05, 3.63) is 22.7 Å². The highest BCUT2D eigenvalue weighted by Crippen LogP contribution is 2.20. The Labute approximate surface area is 67.7 Å². The largest absolute Gasteiger partial charge is 0.355 e. The van der Waals surface area contributed by atoms with Gasteiger partial charge in [0.15, 0.2) is 5.76 Å². The van der Waals surface area contributed by atoms with Crippen molar-refractivity contribution in [2.75, 3.05) is 0 Å². The van der Waals surface area contributed by atoms with E-state index in [0.29, 0.717) is 0 Å². The molecule has 0 atom stereocenters. The van der Waals surface area contributed by atoms with Gasteiger partial charge in [-0.2, -0.15) is 0 Å². The van der Waals surface area contributed by atoms with Crippen LogP contribution in [0.2, 0.25) is 0 Å². The summed E-state index contributed by atoms with van der Waals surface area (Å²) in [6.07, 6.45) is 1.62. The Morgan fingerprint density at radius 2 is 2.45 bits per heavy atom. The molecule has 56 valence electrons. The van der Waals surface area contributed by atoms with Crippen LogP contribution in [0, 0.1) is 6.92 Å². The summed E-state index contributed by atoms with van der Waals surface area (Å²) in [6, 6.07) is 1.80. The van der Waals surface area contributed by atoms with Crippen LogP contribution in [0.1, 0.15) is 5.01 Å². The van der Waals surface area contributed by atoms with Crippen molar-refractivity contribution in [2.24, 2.45) is 0 Å². The second kappa shape index (κ2) is 2.47. The molecular formula is C7H6N2OS. The molecule has 0 amide bonds. The van der Waals surface area contributed by atoms with Gasteiger partial charge in [0.2, 0.25) is 0 Å². The fourth-order valence-electron chi connectivity index (χ4n) is 0.825. The average molecular weight is 166 g/mol. The molecule has 2 rings (SSSR count). The van der Waals surface area contributed by atoms with Gasteiger partial charge in [-0.1, -0.05) is 5.16 Å². The summed E-state index contributed by atoms with van der Waals surface area (Å²) >= 11 is 1.60. The number of nitrogens with zero attached hydrogens (tertiary/aromatic N) is 2. The van der Waals surface area contributed by atoms with Gasteiger partial charge >= 0.3 is 0 Å². The zero-order valence-electron chi connectivity index (χ0n) is 5.94. The summed E-state index contributed by atoms with van der Waals surface area (Å²) in [5.41, 5.74) is 0.866. The predicted molar refractivity (Wildman–Crippen MR) is 42.3 cm³/mol. The first kappa shape index (κ1) is 6.54. The minimum Gasteiger partial charge on any atom is -0.355 e. The fraction of sp³-hybridized carbons (Fsp3) is 0.143. The third-order valence-electron chi connectivity index (χ3n) is 1.31. The monoisotopic (exact) mass is 166 g/mol. The molecule has 0 unspecified atom stereocenters. The van der Waals surface area contributed by atoms with Gasteiger partial charge in [-0.15, -0.1) is 11.3 Å². The van der Waals surface area contributed by atoms with Crippen molar-refractivity contribution in [2.45, 2.75) is 6.92 Å². The van der Waals surface area contributed by atoms with E-state index >= 15 is 0 Å². The molecule has 0 aliphatic carbocycles. The summed E-state index contributed by atoms with van der Waals surface area (Å²) in [5, 5.41) is 6.59. The average Bonchev–Trinajstić information content (AvgIpc) is 2.55. The van der Waals surface area contributed by atoms with Crippen molar-refractivity contribution in [3.63, 3.8) is 0 Å². The molecule has 11 heavy (non-hydrogen) atoms. The Morgan fingerprint density at radius 1 is 1.55 bits per heavy atom. The summed E-state index contributed by atoms with van der Waals surface area (Å²) in [6.45, 7) is 1.96. The van der Waals surface area contributed by atoms with Crippen molar-refractivity contribution < 1.29 is 4.52 Å². The molecule has 2 aromatic rings. The van der Waals surface area contributed by atoms with Crippen LogP contribution in [0.15, 0.2) is 22.2 Å². The van der Waals surface area contributed by atoms with Gasteiger partial charge in [0, 0.05) is 11.4 Å². The summed E-state index contributed by atoms with van der Waals surface area (Å²) in [4.78, 5) is 4.24. The fourth-order valence-corrected chi connectivity index (χ4v) is 1.43. The molecule has 0 fully saturated rings. The van der Waals surface area contributed by atoms with E-state index < -0.39 is 0 Å². The second-order valence-electron chi connectivity index (χ2n) is 2.13. The summed E-state index contributed by atoms with van der Waals surface area (Å²) < 4.78 is 4.93. The second-order valence-corrected chi connectivity index (χ2v) is 3.19. The number of hydrogen-bond acceptors (Lipinski definition) is 4. The molecule has 0 radical (unpaired) electrons. The van der Waals surface area contributed by atoms with E-state index in [1.54, 1.807) is 23.6 Å². The number of rotatable bonds is 1. The predicted octanol–water partition coefficient (Wildman–Crippen LogP) is 2.11. The number of thiazole rings is 1. The van der Waals surface area contributed by atoms with Crippen LogP contribution in [0.5, 0.6) is 0 Å². The number of aromatic nitrogens is 2. The first-order valence-electron chi connectivity index (χ1n) is 3.19. The Kier molecular flexibility index (Phi) is 1.47. The lowest BCUT2D eigenvalue weighted by atomic mass is 10.4.